The molecule has 3 rings (SSSR count). The second kappa shape index (κ2) is 8.14. The summed E-state index contributed by atoms with van der Waals surface area (Å²) >= 11 is 0. The minimum Gasteiger partial charge on any atom is -0.368 e. The van der Waals surface area contributed by atoms with Crippen LogP contribution in [-0.4, -0.2) is 55.0 Å². The molecule has 0 spiro atoms. The summed E-state index contributed by atoms with van der Waals surface area (Å²) in [5.74, 6) is 1.64. The average Bonchev–Trinajstić information content (AvgIpc) is 2.66. The van der Waals surface area contributed by atoms with E-state index in [9.17, 15) is 0 Å². The summed E-state index contributed by atoms with van der Waals surface area (Å²) in [5, 5.41) is 8.36. The molecule has 0 atom stereocenters. The number of hydrogen-bond donors (Lipinski definition) is 0. The highest BCUT2D eigenvalue weighted by Gasteiger charge is 2.19. The Kier molecular flexibility index (Phi) is 5.68. The van der Waals surface area contributed by atoms with Crippen LogP contribution in [0.15, 0.2) is 30.5 Å². The van der Waals surface area contributed by atoms with Crippen LogP contribution < -0.4 is 14.7 Å². The van der Waals surface area contributed by atoms with Gasteiger partial charge in [-0.1, -0.05) is 25.5 Å². The van der Waals surface area contributed by atoms with Gasteiger partial charge in [0, 0.05) is 45.5 Å². The SMILES string of the molecule is CCCCN(C)c1nncc(N2CCN(c3cccc(C)c3)CC2)n1. The zero-order valence-electron chi connectivity index (χ0n) is 15.5. The molecule has 1 aromatic heterocycles. The third-order valence-electron chi connectivity index (χ3n) is 4.69. The Morgan fingerprint density at radius 2 is 1.88 bits per heavy atom. The van der Waals surface area contributed by atoms with Crippen molar-refractivity contribution in [3.05, 3.63) is 36.0 Å². The molecule has 0 bridgehead atoms. The fourth-order valence-electron chi connectivity index (χ4n) is 3.11. The molecule has 1 aliphatic heterocycles. The number of aromatic nitrogens is 3. The average molecular weight is 340 g/mol. The van der Waals surface area contributed by atoms with E-state index >= 15 is 0 Å². The van der Waals surface area contributed by atoms with E-state index in [1.165, 1.54) is 17.7 Å². The van der Waals surface area contributed by atoms with Gasteiger partial charge in [0.05, 0.1) is 6.20 Å². The summed E-state index contributed by atoms with van der Waals surface area (Å²) in [5.41, 5.74) is 2.61. The van der Waals surface area contributed by atoms with Crippen molar-refractivity contribution in [3.63, 3.8) is 0 Å². The van der Waals surface area contributed by atoms with Gasteiger partial charge in [0.15, 0.2) is 5.82 Å². The number of hydrogen-bond acceptors (Lipinski definition) is 6. The van der Waals surface area contributed by atoms with Crippen molar-refractivity contribution >= 4 is 17.5 Å². The molecule has 6 heteroatoms. The van der Waals surface area contributed by atoms with Crippen molar-refractivity contribution < 1.29 is 0 Å². The van der Waals surface area contributed by atoms with Gasteiger partial charge in [0.2, 0.25) is 5.95 Å². The maximum atomic E-state index is 4.72. The maximum Gasteiger partial charge on any atom is 0.247 e. The largest absolute Gasteiger partial charge is 0.368 e. The number of aryl methyl sites for hydroxylation is 1. The molecule has 2 heterocycles. The quantitative estimate of drug-likeness (QED) is 0.806. The Bertz CT molecular complexity index is 681. The molecule has 1 saturated heterocycles. The van der Waals surface area contributed by atoms with Crippen LogP contribution in [0.2, 0.25) is 0 Å². The molecule has 1 fully saturated rings. The van der Waals surface area contributed by atoms with Crippen LogP contribution in [0.5, 0.6) is 0 Å². The first-order valence-electron chi connectivity index (χ1n) is 9.15. The third kappa shape index (κ3) is 4.38. The highest BCUT2D eigenvalue weighted by atomic mass is 15.4. The first-order chi connectivity index (χ1) is 12.2. The van der Waals surface area contributed by atoms with E-state index in [0.29, 0.717) is 5.95 Å². The molecule has 25 heavy (non-hydrogen) atoms. The Hall–Kier alpha value is -2.37. The Morgan fingerprint density at radius 3 is 2.60 bits per heavy atom. The van der Waals surface area contributed by atoms with Crippen molar-refractivity contribution in [1.82, 2.24) is 15.2 Å². The van der Waals surface area contributed by atoms with E-state index in [4.69, 9.17) is 4.98 Å². The van der Waals surface area contributed by atoms with E-state index in [-0.39, 0.29) is 0 Å². The van der Waals surface area contributed by atoms with E-state index in [1.807, 2.05) is 7.05 Å². The second-order valence-corrected chi connectivity index (χ2v) is 6.70. The van der Waals surface area contributed by atoms with Gasteiger partial charge in [-0.25, -0.2) is 0 Å². The van der Waals surface area contributed by atoms with Crippen molar-refractivity contribution in [3.8, 4) is 0 Å². The molecule has 0 aliphatic carbocycles. The van der Waals surface area contributed by atoms with Crippen LogP contribution >= 0.6 is 0 Å². The monoisotopic (exact) mass is 340 g/mol. The number of piperazine rings is 1. The Morgan fingerprint density at radius 1 is 1.12 bits per heavy atom. The number of rotatable bonds is 6. The van der Waals surface area contributed by atoms with Gasteiger partial charge in [-0.3, -0.25) is 0 Å². The molecule has 2 aromatic rings. The van der Waals surface area contributed by atoms with Crippen molar-refractivity contribution in [1.29, 1.82) is 0 Å². The van der Waals surface area contributed by atoms with Crippen LogP contribution in [0.4, 0.5) is 17.5 Å². The predicted octanol–water partition coefficient (Wildman–Crippen LogP) is 2.74. The summed E-state index contributed by atoms with van der Waals surface area (Å²) in [6.45, 7) is 9.18. The zero-order valence-corrected chi connectivity index (χ0v) is 15.5. The van der Waals surface area contributed by atoms with Crippen molar-refractivity contribution in [2.75, 3.05) is 54.5 Å². The summed E-state index contributed by atoms with van der Waals surface area (Å²) in [4.78, 5) is 11.5. The fraction of sp³-hybridized carbons (Fsp3) is 0.526. The molecule has 134 valence electrons. The lowest BCUT2D eigenvalue weighted by Gasteiger charge is -2.36. The number of benzene rings is 1. The normalized spacial score (nSPS) is 14.7. The van der Waals surface area contributed by atoms with Gasteiger partial charge >= 0.3 is 0 Å². The number of unbranched alkanes of at least 4 members (excludes halogenated alkanes) is 1. The van der Waals surface area contributed by atoms with E-state index in [1.54, 1.807) is 6.20 Å². The van der Waals surface area contributed by atoms with Gasteiger partial charge in [-0.05, 0) is 31.0 Å². The van der Waals surface area contributed by atoms with E-state index < -0.39 is 0 Å². The summed E-state index contributed by atoms with van der Waals surface area (Å²) in [7, 11) is 2.03. The molecule has 1 aromatic carbocycles. The molecular formula is C19H28N6. The van der Waals surface area contributed by atoms with Gasteiger partial charge in [-0.15, -0.1) is 5.10 Å². The zero-order chi connectivity index (χ0) is 17.6. The van der Waals surface area contributed by atoms with Gasteiger partial charge in [0.1, 0.15) is 0 Å². The lowest BCUT2D eigenvalue weighted by molar-refractivity contribution is 0.642. The predicted molar refractivity (Wildman–Crippen MR) is 104 cm³/mol. The van der Waals surface area contributed by atoms with Crippen molar-refractivity contribution in [2.24, 2.45) is 0 Å². The molecule has 1 aliphatic rings. The Labute approximate surface area is 150 Å². The first kappa shape index (κ1) is 17.5. The molecule has 0 saturated carbocycles. The summed E-state index contributed by atoms with van der Waals surface area (Å²) in [6.07, 6.45) is 4.08. The molecule has 0 amide bonds. The van der Waals surface area contributed by atoms with Crippen LogP contribution in [0, 0.1) is 6.92 Å². The maximum absolute atomic E-state index is 4.72. The first-order valence-corrected chi connectivity index (χ1v) is 9.15. The van der Waals surface area contributed by atoms with Crippen LogP contribution in [0.25, 0.3) is 0 Å². The fourth-order valence-corrected chi connectivity index (χ4v) is 3.11. The number of anilines is 3. The lowest BCUT2D eigenvalue weighted by Crippen LogP contribution is -2.47. The van der Waals surface area contributed by atoms with Crippen LogP contribution in [0.3, 0.4) is 0 Å². The second-order valence-electron chi connectivity index (χ2n) is 6.70. The minimum atomic E-state index is 0.715. The molecule has 0 radical (unpaired) electrons. The Balaban J connectivity index is 1.63. The lowest BCUT2D eigenvalue weighted by atomic mass is 10.2. The number of nitrogens with zero attached hydrogens (tertiary/aromatic N) is 6. The molecule has 0 unspecified atom stereocenters. The molecular weight excluding hydrogens is 312 g/mol. The smallest absolute Gasteiger partial charge is 0.247 e. The van der Waals surface area contributed by atoms with Crippen LogP contribution in [-0.2, 0) is 0 Å². The van der Waals surface area contributed by atoms with Crippen LogP contribution in [0.1, 0.15) is 25.3 Å². The van der Waals surface area contributed by atoms with Gasteiger partial charge < -0.3 is 14.7 Å². The van der Waals surface area contributed by atoms with Gasteiger partial charge in [0.25, 0.3) is 0 Å². The molecule has 6 nitrogen and oxygen atoms in total. The summed E-state index contributed by atoms with van der Waals surface area (Å²) in [6, 6.07) is 8.71. The summed E-state index contributed by atoms with van der Waals surface area (Å²) < 4.78 is 0. The molecule has 0 N–H and O–H groups in total. The minimum absolute atomic E-state index is 0.715. The van der Waals surface area contributed by atoms with E-state index in [0.717, 1.165) is 45.0 Å². The topological polar surface area (TPSA) is 48.4 Å². The van der Waals surface area contributed by atoms with Crippen molar-refractivity contribution in [2.45, 2.75) is 26.7 Å². The highest BCUT2D eigenvalue weighted by Crippen LogP contribution is 2.20. The van der Waals surface area contributed by atoms with E-state index in [2.05, 4.69) is 63.0 Å². The third-order valence-corrected chi connectivity index (χ3v) is 4.69. The standard InChI is InChI=1S/C19H28N6/c1-4-5-9-23(3)19-21-18(15-20-22-19)25-12-10-24(11-13-25)17-8-6-7-16(2)14-17/h6-8,14-15H,4-5,9-13H2,1-3H3. The highest BCUT2D eigenvalue weighted by molar-refractivity contribution is 5.51. The van der Waals surface area contributed by atoms with Gasteiger partial charge in [-0.2, -0.15) is 10.1 Å².